The number of thioether (sulfide) groups is 1. The molecule has 0 saturated carbocycles. The minimum atomic E-state index is -0.632. The van der Waals surface area contributed by atoms with Crippen molar-refractivity contribution in [2.24, 2.45) is 0 Å². The van der Waals surface area contributed by atoms with E-state index in [2.05, 4.69) is 10.6 Å². The molecule has 0 aliphatic carbocycles. The van der Waals surface area contributed by atoms with Gasteiger partial charge in [0.2, 0.25) is 11.8 Å². The van der Waals surface area contributed by atoms with E-state index in [1.165, 1.54) is 47.0 Å². The molecule has 0 bridgehead atoms. The summed E-state index contributed by atoms with van der Waals surface area (Å²) >= 11 is 1.23. The van der Waals surface area contributed by atoms with E-state index in [0.29, 0.717) is 27.4 Å². The van der Waals surface area contributed by atoms with Crippen molar-refractivity contribution in [3.05, 3.63) is 135 Å². The van der Waals surface area contributed by atoms with Gasteiger partial charge in [-0.3, -0.25) is 29.3 Å². The quantitative estimate of drug-likeness (QED) is 0.101. The van der Waals surface area contributed by atoms with Crippen molar-refractivity contribution in [3.63, 3.8) is 0 Å². The summed E-state index contributed by atoms with van der Waals surface area (Å²) in [5.41, 5.74) is 3.59. The van der Waals surface area contributed by atoms with Gasteiger partial charge in [0, 0.05) is 34.7 Å². The van der Waals surface area contributed by atoms with Gasteiger partial charge in [0.05, 0.1) is 15.9 Å². The van der Waals surface area contributed by atoms with Crippen LogP contribution in [0.5, 0.6) is 0 Å². The molecule has 1 aliphatic rings. The van der Waals surface area contributed by atoms with Gasteiger partial charge >= 0.3 is 0 Å². The summed E-state index contributed by atoms with van der Waals surface area (Å²) in [5.74, 6) is -1.73. The molecule has 1 unspecified atom stereocenters. The van der Waals surface area contributed by atoms with Gasteiger partial charge in [-0.05, 0) is 91.2 Å². The molecule has 10 nitrogen and oxygen atoms in total. The van der Waals surface area contributed by atoms with Gasteiger partial charge < -0.3 is 10.6 Å². The summed E-state index contributed by atoms with van der Waals surface area (Å²) in [6.45, 7) is 3.89. The Labute approximate surface area is 263 Å². The standard InChI is InChI=1S/C34H28N4O6S/c1-21-11-14-27(17-22(21)2)37-31(39)20-30(34(37)42)45-28-10-6-9-25(19-28)35-33(41)29(36-32(40)24-7-4-3-5-8-24)18-23-12-15-26(16-13-23)38(43)44/h3-19,30H,20H2,1-2H3,(H,35,41)(H,36,40)/b29-18-. The molecule has 11 heteroatoms. The number of nitro benzene ring substituents is 1. The van der Waals surface area contributed by atoms with Crippen molar-refractivity contribution in [3.8, 4) is 0 Å². The van der Waals surface area contributed by atoms with Crippen LogP contribution >= 0.6 is 11.8 Å². The van der Waals surface area contributed by atoms with E-state index in [0.717, 1.165) is 11.1 Å². The number of benzene rings is 4. The van der Waals surface area contributed by atoms with Crippen LogP contribution in [0.15, 0.2) is 108 Å². The lowest BCUT2D eigenvalue weighted by atomic mass is 10.1. The van der Waals surface area contributed by atoms with Gasteiger partial charge in [-0.25, -0.2) is 4.90 Å². The average molecular weight is 621 g/mol. The first-order valence-electron chi connectivity index (χ1n) is 13.9. The van der Waals surface area contributed by atoms with Crippen molar-refractivity contribution >= 4 is 58.5 Å². The van der Waals surface area contributed by atoms with E-state index in [1.807, 2.05) is 26.0 Å². The number of hydrogen-bond donors (Lipinski definition) is 2. The molecule has 0 radical (unpaired) electrons. The zero-order valence-electron chi connectivity index (χ0n) is 24.4. The summed E-state index contributed by atoms with van der Waals surface area (Å²) in [5, 5.41) is 15.8. The van der Waals surface area contributed by atoms with Gasteiger partial charge in [0.25, 0.3) is 17.5 Å². The van der Waals surface area contributed by atoms with Crippen LogP contribution in [0.3, 0.4) is 0 Å². The molecule has 2 N–H and O–H groups in total. The van der Waals surface area contributed by atoms with Crippen molar-refractivity contribution in [2.45, 2.75) is 30.4 Å². The fourth-order valence-corrected chi connectivity index (χ4v) is 5.76. The second-order valence-electron chi connectivity index (χ2n) is 10.4. The lowest BCUT2D eigenvalue weighted by molar-refractivity contribution is -0.384. The molecule has 1 heterocycles. The third-order valence-electron chi connectivity index (χ3n) is 7.17. The number of amides is 4. The van der Waals surface area contributed by atoms with Crippen molar-refractivity contribution in [1.29, 1.82) is 0 Å². The van der Waals surface area contributed by atoms with E-state index < -0.39 is 22.0 Å². The summed E-state index contributed by atoms with van der Waals surface area (Å²) < 4.78 is 0. The van der Waals surface area contributed by atoms with Gasteiger partial charge in [-0.1, -0.05) is 30.3 Å². The summed E-state index contributed by atoms with van der Waals surface area (Å²) in [6, 6.07) is 26.2. The highest BCUT2D eigenvalue weighted by atomic mass is 32.2. The third kappa shape index (κ3) is 7.34. The third-order valence-corrected chi connectivity index (χ3v) is 8.35. The average Bonchev–Trinajstić information content (AvgIpc) is 3.30. The Balaban J connectivity index is 1.33. The zero-order valence-corrected chi connectivity index (χ0v) is 25.2. The maximum absolute atomic E-state index is 13.4. The highest BCUT2D eigenvalue weighted by Crippen LogP contribution is 2.35. The Hall–Kier alpha value is -5.55. The maximum atomic E-state index is 13.4. The summed E-state index contributed by atoms with van der Waals surface area (Å²) in [4.78, 5) is 64.9. The molecule has 1 saturated heterocycles. The minimum Gasteiger partial charge on any atom is -0.321 e. The van der Waals surface area contributed by atoms with E-state index in [4.69, 9.17) is 0 Å². The number of nitrogens with one attached hydrogen (secondary N) is 2. The van der Waals surface area contributed by atoms with E-state index in [-0.39, 0.29) is 29.6 Å². The second kappa shape index (κ2) is 13.4. The fourth-order valence-electron chi connectivity index (χ4n) is 4.64. The van der Waals surface area contributed by atoms with Crippen LogP contribution in [-0.2, 0) is 14.4 Å². The predicted molar refractivity (Wildman–Crippen MR) is 173 cm³/mol. The van der Waals surface area contributed by atoms with Gasteiger partial charge in [0.15, 0.2) is 0 Å². The predicted octanol–water partition coefficient (Wildman–Crippen LogP) is 6.05. The van der Waals surface area contributed by atoms with Gasteiger partial charge in [0.1, 0.15) is 5.70 Å². The van der Waals surface area contributed by atoms with Gasteiger partial charge in [-0.15, -0.1) is 11.8 Å². The summed E-state index contributed by atoms with van der Waals surface area (Å²) in [6.07, 6.45) is 1.46. The maximum Gasteiger partial charge on any atom is 0.272 e. The lowest BCUT2D eigenvalue weighted by Crippen LogP contribution is -2.31. The second-order valence-corrected chi connectivity index (χ2v) is 11.6. The molecule has 226 valence electrons. The number of nitrogens with zero attached hydrogens (tertiary/aromatic N) is 2. The molecule has 0 spiro atoms. The normalized spacial score (nSPS) is 14.8. The van der Waals surface area contributed by atoms with Crippen molar-refractivity contribution in [2.75, 3.05) is 10.2 Å². The molecule has 0 aromatic heterocycles. The SMILES string of the molecule is Cc1ccc(N2C(=O)CC(Sc3cccc(NC(=O)/C(=C/c4ccc([N+](=O)[O-])cc4)NC(=O)c4ccccc4)c3)C2=O)cc1C. The molecule has 4 amide bonds. The number of imide groups is 1. The number of rotatable bonds is 9. The number of nitro groups is 1. The monoisotopic (exact) mass is 620 g/mol. The van der Waals surface area contributed by atoms with Crippen LogP contribution in [0.1, 0.15) is 33.5 Å². The molecular weight excluding hydrogens is 592 g/mol. The molecule has 4 aromatic carbocycles. The Morgan fingerprint density at radius 3 is 2.33 bits per heavy atom. The molecule has 1 aliphatic heterocycles. The van der Waals surface area contributed by atoms with E-state index in [1.54, 1.807) is 60.7 Å². The Bertz CT molecular complexity index is 1840. The van der Waals surface area contributed by atoms with Crippen molar-refractivity contribution in [1.82, 2.24) is 5.32 Å². The smallest absolute Gasteiger partial charge is 0.272 e. The number of carbonyl (C=O) groups excluding carboxylic acids is 4. The Morgan fingerprint density at radius 2 is 1.64 bits per heavy atom. The van der Waals surface area contributed by atoms with Crippen LogP contribution in [0.2, 0.25) is 0 Å². The lowest BCUT2D eigenvalue weighted by Gasteiger charge is -2.16. The van der Waals surface area contributed by atoms with Crippen LogP contribution in [0.25, 0.3) is 6.08 Å². The van der Waals surface area contributed by atoms with Gasteiger partial charge in [-0.2, -0.15) is 0 Å². The topological polar surface area (TPSA) is 139 Å². The van der Waals surface area contributed by atoms with Crippen LogP contribution in [-0.4, -0.2) is 33.8 Å². The molecule has 45 heavy (non-hydrogen) atoms. The first-order chi connectivity index (χ1) is 21.6. The number of non-ortho nitro benzene ring substituents is 1. The number of hydrogen-bond acceptors (Lipinski definition) is 7. The molecular formula is C34H28N4O6S. The number of aryl methyl sites for hydroxylation is 2. The van der Waals surface area contributed by atoms with E-state index in [9.17, 15) is 29.3 Å². The Kier molecular flexibility index (Phi) is 9.20. The minimum absolute atomic E-state index is 0.0423. The molecule has 1 atom stereocenters. The molecule has 4 aromatic rings. The number of anilines is 2. The summed E-state index contributed by atoms with van der Waals surface area (Å²) in [7, 11) is 0. The van der Waals surface area contributed by atoms with Crippen molar-refractivity contribution < 1.29 is 24.1 Å². The first kappa shape index (κ1) is 30.9. The Morgan fingerprint density at radius 1 is 0.911 bits per heavy atom. The highest BCUT2D eigenvalue weighted by molar-refractivity contribution is 8.00. The van der Waals surface area contributed by atoms with E-state index >= 15 is 0 Å². The largest absolute Gasteiger partial charge is 0.321 e. The van der Waals surface area contributed by atoms with Crippen LogP contribution < -0.4 is 15.5 Å². The first-order valence-corrected chi connectivity index (χ1v) is 14.8. The van der Waals surface area contributed by atoms with Crippen LogP contribution in [0.4, 0.5) is 17.1 Å². The molecule has 5 rings (SSSR count). The fraction of sp³-hybridized carbons (Fsp3) is 0.118. The highest BCUT2D eigenvalue weighted by Gasteiger charge is 2.40. The molecule has 1 fully saturated rings. The van der Waals surface area contributed by atoms with Crippen LogP contribution in [0, 0.1) is 24.0 Å². The number of carbonyl (C=O) groups is 4. The zero-order chi connectivity index (χ0) is 32.1.